The largest absolute Gasteiger partial charge is 0.378 e. The van der Waals surface area contributed by atoms with Crippen LogP contribution in [0.5, 0.6) is 0 Å². The lowest BCUT2D eigenvalue weighted by atomic mass is 9.87. The van der Waals surface area contributed by atoms with Crippen LogP contribution in [0.4, 0.5) is 5.69 Å². The van der Waals surface area contributed by atoms with Gasteiger partial charge in [0.25, 0.3) is 5.91 Å². The molecular weight excluding hydrogens is 324 g/mol. The molecule has 2 aliphatic rings. The van der Waals surface area contributed by atoms with E-state index < -0.39 is 0 Å². The number of carbonyl (C=O) groups excluding carboxylic acids is 1. The van der Waals surface area contributed by atoms with Gasteiger partial charge in [0.2, 0.25) is 0 Å². The van der Waals surface area contributed by atoms with Crippen LogP contribution >= 0.6 is 0 Å². The van der Waals surface area contributed by atoms with E-state index in [1.807, 2.05) is 30.1 Å². The van der Waals surface area contributed by atoms with Crippen molar-refractivity contribution in [2.75, 3.05) is 38.3 Å². The molecule has 1 heterocycles. The molecule has 1 aliphatic heterocycles. The second-order valence-electron chi connectivity index (χ2n) is 7.17. The summed E-state index contributed by atoms with van der Waals surface area (Å²) in [5.74, 6) is 0.0989. The molecule has 2 aromatic carbocycles. The first kappa shape index (κ1) is 17.1. The first-order chi connectivity index (χ1) is 12.7. The van der Waals surface area contributed by atoms with Crippen molar-refractivity contribution in [3.05, 3.63) is 65.2 Å². The standard InChI is InChI=1S/C22H26N2O2/c1-23(21-11-5-7-17-6-2-3-10-20(17)21)22(25)18-8-4-9-19(16-18)24-12-14-26-15-13-24/h2-4,6,8-10,16,21H,5,7,11-15H2,1H3. The van der Waals surface area contributed by atoms with Gasteiger partial charge in [-0.1, -0.05) is 30.3 Å². The van der Waals surface area contributed by atoms with Crippen molar-refractivity contribution in [1.82, 2.24) is 4.90 Å². The molecule has 0 saturated carbocycles. The van der Waals surface area contributed by atoms with Gasteiger partial charge in [-0.05, 0) is 48.6 Å². The van der Waals surface area contributed by atoms with E-state index in [4.69, 9.17) is 4.74 Å². The number of aryl methyl sites for hydroxylation is 1. The van der Waals surface area contributed by atoms with Gasteiger partial charge in [0, 0.05) is 31.4 Å². The van der Waals surface area contributed by atoms with Crippen molar-refractivity contribution in [2.24, 2.45) is 0 Å². The van der Waals surface area contributed by atoms with Crippen molar-refractivity contribution in [3.63, 3.8) is 0 Å². The van der Waals surface area contributed by atoms with Crippen LogP contribution < -0.4 is 4.90 Å². The Morgan fingerprint density at radius 2 is 1.92 bits per heavy atom. The second-order valence-corrected chi connectivity index (χ2v) is 7.17. The summed E-state index contributed by atoms with van der Waals surface area (Å²) < 4.78 is 5.43. The Morgan fingerprint density at radius 1 is 1.12 bits per heavy atom. The van der Waals surface area contributed by atoms with E-state index in [2.05, 4.69) is 35.2 Å². The quantitative estimate of drug-likeness (QED) is 0.847. The summed E-state index contributed by atoms with van der Waals surface area (Å²) in [5, 5.41) is 0. The van der Waals surface area contributed by atoms with E-state index in [0.717, 1.165) is 56.8 Å². The molecular formula is C22H26N2O2. The van der Waals surface area contributed by atoms with Gasteiger partial charge in [-0.2, -0.15) is 0 Å². The number of hydrogen-bond donors (Lipinski definition) is 0. The lowest BCUT2D eigenvalue weighted by molar-refractivity contribution is 0.0715. The minimum Gasteiger partial charge on any atom is -0.378 e. The van der Waals surface area contributed by atoms with Crippen LogP contribution in [-0.2, 0) is 11.2 Å². The van der Waals surface area contributed by atoms with E-state index in [0.29, 0.717) is 0 Å². The number of morpholine rings is 1. The molecule has 1 fully saturated rings. The maximum Gasteiger partial charge on any atom is 0.254 e. The number of fused-ring (bicyclic) bond motifs is 1. The number of rotatable bonds is 3. The topological polar surface area (TPSA) is 32.8 Å². The molecule has 136 valence electrons. The number of benzene rings is 2. The Bertz CT molecular complexity index is 783. The molecule has 2 aromatic rings. The second kappa shape index (κ2) is 7.50. The molecule has 1 atom stereocenters. The summed E-state index contributed by atoms with van der Waals surface area (Å²) >= 11 is 0. The molecule has 0 aromatic heterocycles. The van der Waals surface area contributed by atoms with Gasteiger partial charge in [0.15, 0.2) is 0 Å². The maximum atomic E-state index is 13.2. The summed E-state index contributed by atoms with van der Waals surface area (Å²) in [7, 11) is 1.94. The number of ether oxygens (including phenoxy) is 1. The van der Waals surface area contributed by atoms with Crippen molar-refractivity contribution in [1.29, 1.82) is 0 Å². The van der Waals surface area contributed by atoms with Crippen LogP contribution in [0.3, 0.4) is 0 Å². The Morgan fingerprint density at radius 3 is 2.77 bits per heavy atom. The minimum absolute atomic E-state index is 0.0989. The predicted octanol–water partition coefficient (Wildman–Crippen LogP) is 3.67. The third-order valence-corrected chi connectivity index (χ3v) is 5.59. The van der Waals surface area contributed by atoms with Crippen LogP contribution in [0.2, 0.25) is 0 Å². The molecule has 1 aliphatic carbocycles. The zero-order valence-corrected chi connectivity index (χ0v) is 15.4. The lowest BCUT2D eigenvalue weighted by Crippen LogP contribution is -2.36. The van der Waals surface area contributed by atoms with Gasteiger partial charge in [-0.25, -0.2) is 0 Å². The average Bonchev–Trinajstić information content (AvgIpc) is 2.73. The van der Waals surface area contributed by atoms with Crippen molar-refractivity contribution < 1.29 is 9.53 Å². The molecule has 26 heavy (non-hydrogen) atoms. The van der Waals surface area contributed by atoms with Gasteiger partial charge in [-0.15, -0.1) is 0 Å². The fourth-order valence-corrected chi connectivity index (χ4v) is 4.13. The van der Waals surface area contributed by atoms with Gasteiger partial charge < -0.3 is 14.5 Å². The van der Waals surface area contributed by atoms with Crippen LogP contribution in [0.25, 0.3) is 0 Å². The van der Waals surface area contributed by atoms with E-state index >= 15 is 0 Å². The number of nitrogens with zero attached hydrogens (tertiary/aromatic N) is 2. The Balaban J connectivity index is 1.56. The summed E-state index contributed by atoms with van der Waals surface area (Å²) in [6.45, 7) is 3.25. The third-order valence-electron chi connectivity index (χ3n) is 5.59. The van der Waals surface area contributed by atoms with Crippen molar-refractivity contribution in [2.45, 2.75) is 25.3 Å². The molecule has 0 bridgehead atoms. The van der Waals surface area contributed by atoms with Gasteiger partial charge in [0.05, 0.1) is 19.3 Å². The SMILES string of the molecule is CN(C(=O)c1cccc(N2CCOCC2)c1)C1CCCc2ccccc21. The Kier molecular flexibility index (Phi) is 4.93. The van der Waals surface area contributed by atoms with E-state index in [9.17, 15) is 4.79 Å². The highest BCUT2D eigenvalue weighted by Crippen LogP contribution is 2.34. The first-order valence-corrected chi connectivity index (χ1v) is 9.52. The maximum absolute atomic E-state index is 13.2. The first-order valence-electron chi connectivity index (χ1n) is 9.52. The monoisotopic (exact) mass is 350 g/mol. The van der Waals surface area contributed by atoms with Gasteiger partial charge >= 0.3 is 0 Å². The summed E-state index contributed by atoms with van der Waals surface area (Å²) in [6.07, 6.45) is 3.27. The highest BCUT2D eigenvalue weighted by atomic mass is 16.5. The Labute approximate surface area is 155 Å². The van der Waals surface area contributed by atoms with Gasteiger partial charge in [-0.3, -0.25) is 4.79 Å². The zero-order chi connectivity index (χ0) is 17.9. The lowest BCUT2D eigenvalue weighted by Gasteiger charge is -2.34. The fraction of sp³-hybridized carbons (Fsp3) is 0.409. The van der Waals surface area contributed by atoms with Gasteiger partial charge in [0.1, 0.15) is 0 Å². The summed E-state index contributed by atoms with van der Waals surface area (Å²) in [5.41, 5.74) is 4.56. The molecule has 1 saturated heterocycles. The number of carbonyl (C=O) groups is 1. The van der Waals surface area contributed by atoms with Crippen molar-refractivity contribution >= 4 is 11.6 Å². The van der Waals surface area contributed by atoms with E-state index in [-0.39, 0.29) is 11.9 Å². The molecule has 0 spiro atoms. The van der Waals surface area contributed by atoms with Crippen molar-refractivity contribution in [3.8, 4) is 0 Å². The Hall–Kier alpha value is -2.33. The van der Waals surface area contributed by atoms with E-state index in [1.54, 1.807) is 0 Å². The molecule has 4 rings (SSSR count). The third kappa shape index (κ3) is 3.34. The molecule has 1 unspecified atom stereocenters. The zero-order valence-electron chi connectivity index (χ0n) is 15.4. The average molecular weight is 350 g/mol. The summed E-state index contributed by atoms with van der Waals surface area (Å²) in [4.78, 5) is 17.4. The highest BCUT2D eigenvalue weighted by Gasteiger charge is 2.27. The van der Waals surface area contributed by atoms with Crippen LogP contribution in [0, 0.1) is 0 Å². The van der Waals surface area contributed by atoms with E-state index in [1.165, 1.54) is 11.1 Å². The summed E-state index contributed by atoms with van der Waals surface area (Å²) in [6, 6.07) is 16.7. The minimum atomic E-state index is 0.0989. The highest BCUT2D eigenvalue weighted by molar-refractivity contribution is 5.95. The van der Waals surface area contributed by atoms with Crippen LogP contribution in [0.15, 0.2) is 48.5 Å². The molecule has 0 N–H and O–H groups in total. The normalized spacial score (nSPS) is 19.7. The molecule has 0 radical (unpaired) electrons. The number of amides is 1. The number of anilines is 1. The smallest absolute Gasteiger partial charge is 0.254 e. The molecule has 1 amide bonds. The predicted molar refractivity (Wildman–Crippen MR) is 104 cm³/mol. The van der Waals surface area contributed by atoms with Crippen LogP contribution in [0.1, 0.15) is 40.4 Å². The number of hydrogen-bond acceptors (Lipinski definition) is 3. The molecule has 4 nitrogen and oxygen atoms in total. The van der Waals surface area contributed by atoms with Crippen LogP contribution in [-0.4, -0.2) is 44.2 Å². The molecule has 4 heteroatoms. The fourth-order valence-electron chi connectivity index (χ4n) is 4.13.